The molecule has 28 heteroatoms. The monoisotopic (exact) mass is 1840 g/mol. The second-order valence-electron chi connectivity index (χ2n) is 43.8. The van der Waals surface area contributed by atoms with Crippen LogP contribution in [0.25, 0.3) is 44.1 Å². The molecule has 0 radical (unpaired) electrons. The quantitative estimate of drug-likeness (QED) is 0.0589. The Hall–Kier alpha value is -9.22. The van der Waals surface area contributed by atoms with Gasteiger partial charge in [0.15, 0.2) is 23.1 Å². The minimum atomic E-state index is -0.498. The highest BCUT2D eigenvalue weighted by Crippen LogP contribution is 2.51. The van der Waals surface area contributed by atoms with Gasteiger partial charge in [0.05, 0.1) is 28.3 Å². The second kappa shape index (κ2) is 40.3. The average molecular weight is 1840 g/mol. The number of rotatable bonds is 14. The molecule has 722 valence electrons. The van der Waals surface area contributed by atoms with Crippen molar-refractivity contribution in [2.75, 3.05) is 86.7 Å². The van der Waals surface area contributed by atoms with Crippen molar-refractivity contribution in [3.63, 3.8) is 0 Å². The molecule has 135 heavy (non-hydrogen) atoms. The summed E-state index contributed by atoms with van der Waals surface area (Å²) in [4.78, 5) is 113. The number of hydrogen-bond donors (Lipinski definition) is 6. The molecule has 27 nitrogen and oxygen atoms in total. The Bertz CT molecular complexity index is 5540. The molecule has 1 amide bonds. The Balaban J connectivity index is 0.000000108. The Morgan fingerprint density at radius 1 is 0.356 bits per heavy atom. The summed E-state index contributed by atoms with van der Waals surface area (Å²) in [5, 5.41) is 24.9. The minimum Gasteiger partial charge on any atom is -0.351 e. The lowest BCUT2D eigenvalue weighted by molar-refractivity contribution is 0.0630. The summed E-state index contributed by atoms with van der Waals surface area (Å²) < 4.78 is 23.1. The van der Waals surface area contributed by atoms with Crippen LogP contribution >= 0.6 is 0 Å². The summed E-state index contributed by atoms with van der Waals surface area (Å²) in [5.41, 5.74) is 7.45. The first-order chi connectivity index (χ1) is 66.0. The van der Waals surface area contributed by atoms with Gasteiger partial charge in [-0.15, -0.1) is 0 Å². The maximum Gasteiger partial charge on any atom is 0.254 e. The van der Waals surface area contributed by atoms with E-state index in [0.717, 1.165) is 180 Å². The van der Waals surface area contributed by atoms with Gasteiger partial charge >= 0.3 is 0 Å². The zero-order valence-corrected chi connectivity index (χ0v) is 80.5. The summed E-state index contributed by atoms with van der Waals surface area (Å²) >= 11 is 0. The first-order valence-corrected chi connectivity index (χ1v) is 53.5. The van der Waals surface area contributed by atoms with Crippen LogP contribution in [-0.2, 0) is 22.2 Å². The molecule has 0 bridgehead atoms. The number of piperidine rings is 1. The van der Waals surface area contributed by atoms with Crippen LogP contribution in [0.15, 0.2) is 73.3 Å². The van der Waals surface area contributed by atoms with Gasteiger partial charge in [-0.2, -0.15) is 19.9 Å². The average Bonchev–Trinajstić information content (AvgIpc) is 1.61. The van der Waals surface area contributed by atoms with Gasteiger partial charge in [0.25, 0.3) is 5.91 Å². The number of amides is 1. The number of fused-ring (bicyclic) bond motifs is 16. The van der Waals surface area contributed by atoms with Crippen LogP contribution in [0.2, 0.25) is 0 Å². The van der Waals surface area contributed by atoms with Crippen LogP contribution in [-0.4, -0.2) is 227 Å². The molecule has 7 aliphatic heterocycles. The van der Waals surface area contributed by atoms with E-state index in [1.807, 2.05) is 49.1 Å². The molecule has 6 N–H and O–H groups in total. The van der Waals surface area contributed by atoms with Crippen molar-refractivity contribution in [2.24, 2.45) is 0 Å². The number of ketones is 4. The molecule has 11 fully saturated rings. The lowest BCUT2D eigenvalue weighted by Gasteiger charge is -2.43. The highest BCUT2D eigenvalue weighted by Gasteiger charge is 2.48. The lowest BCUT2D eigenvalue weighted by Crippen LogP contribution is -2.53. The van der Waals surface area contributed by atoms with Gasteiger partial charge in [-0.1, -0.05) is 95.6 Å². The third-order valence-corrected chi connectivity index (χ3v) is 35.4. The van der Waals surface area contributed by atoms with Gasteiger partial charge in [-0.25, -0.2) is 24.3 Å². The number of benzene rings is 1. The molecular weight excluding hydrogens is 1690 g/mol. The molecule has 3 saturated heterocycles. The van der Waals surface area contributed by atoms with Crippen LogP contribution in [0.1, 0.15) is 368 Å². The van der Waals surface area contributed by atoms with Gasteiger partial charge in [0.2, 0.25) is 23.8 Å². The van der Waals surface area contributed by atoms with Gasteiger partial charge in [-0.3, -0.25) is 38.7 Å². The molecule has 15 heterocycles. The number of carbonyl (C=O) groups excluding carboxylic acids is 5. The number of aromatic nitrogens is 12. The zero-order valence-electron chi connectivity index (χ0n) is 80.5. The fourth-order valence-corrected chi connectivity index (χ4v) is 27.8. The van der Waals surface area contributed by atoms with Crippen LogP contribution in [0.3, 0.4) is 0 Å². The van der Waals surface area contributed by atoms with E-state index in [1.54, 1.807) is 12.1 Å². The van der Waals surface area contributed by atoms with E-state index in [0.29, 0.717) is 55.8 Å². The number of nitrogens with zero attached hydrogens (tertiary/aromatic N) is 16. The summed E-state index contributed by atoms with van der Waals surface area (Å²) in [6.45, 7) is 16.6. The van der Waals surface area contributed by atoms with Gasteiger partial charge < -0.3 is 55.1 Å². The molecule has 4 spiro atoms. The molecule has 8 saturated carbocycles. The van der Waals surface area contributed by atoms with Crippen molar-refractivity contribution in [1.82, 2.24) is 88.4 Å². The number of Topliss-reactive ketones (excluding diaryl/α,β-unsaturated/α-hetero) is 4. The van der Waals surface area contributed by atoms with Crippen molar-refractivity contribution >= 4 is 97.0 Å². The first kappa shape index (κ1) is 92.2. The van der Waals surface area contributed by atoms with E-state index < -0.39 is 5.82 Å². The Labute approximate surface area is 795 Å². The molecular formula is C107H147FN22O5. The lowest BCUT2D eigenvalue weighted by atomic mass is 9.75. The summed E-state index contributed by atoms with van der Waals surface area (Å²) in [5.74, 6) is 2.93. The number of hydrogen-bond acceptors (Lipinski definition) is 22. The van der Waals surface area contributed by atoms with E-state index >= 15 is 0 Å². The van der Waals surface area contributed by atoms with E-state index in [9.17, 15) is 28.4 Å². The third kappa shape index (κ3) is 19.4. The fraction of sp³-hybridized carbons (Fsp3) is 0.673. The maximum atomic E-state index is 13.9. The van der Waals surface area contributed by atoms with Crippen molar-refractivity contribution in [3.05, 3.63) is 107 Å². The standard InChI is InChI=1S/C28H32FN5O2.C28H42N6O.C26H37N5O.C25H36N6O/c29-22-7-3-2-6-21(22)26(36)31-19-8-10-20(11-9-19)32-27-30-17-18-16-23-24(35)12-15-28(13-4-1-5-14-28)34(23)25(18)33-27;1-20(2)32-14-16-33(17-15-32)23-8-6-22(7-9-23)30-27-29-19-21-18-24-25(35)10-13-28(11-4-3-5-12-28)34(24)26(21)31-27;32-23-11-14-26(12-3-1-4-13-26)31-22(23)17-19-18-27-25(29-24(19)31)28-20-7-9-21(10-8-20)30-15-5-2-6-16-30;32-22-8-11-25(9-2-1-3-10-25)31-21(22)16-18-17-27-24(29-23(18)31)28-19-4-6-20(7-5-19)30-14-12-26-13-15-30/h2-3,6-7,16-17,19-20H,1,4-5,8-15H2,(H,31,36)(H,30,32,33);18-20,22-23H,3-17H2,1-2H3,(H,29,30,31);17-18,20-21H,1-16H2,(H,27,28,29);16-17,19-20,26H,1-15H2,(H,27,28,29). The molecule has 24 rings (SSSR count). The van der Waals surface area contributed by atoms with Crippen molar-refractivity contribution < 1.29 is 28.4 Å². The Morgan fingerprint density at radius 3 is 0.963 bits per heavy atom. The van der Waals surface area contributed by atoms with Crippen LogP contribution < -0.4 is 31.9 Å². The third-order valence-electron chi connectivity index (χ3n) is 35.4. The molecule has 0 unspecified atom stereocenters. The second-order valence-corrected chi connectivity index (χ2v) is 43.8. The SMILES string of the molecule is CC(C)N1CCN(C2CCC(Nc3ncc4cc5n(c4n3)C3(CCCCC3)CCC5=O)CC2)CC1.O=C(NC1CCC(Nc2ncc3cc4n(c3n2)C2(CCCCC2)CCC4=O)CC1)c1ccccc1F.O=C1CCC2(CCCCC2)n2c1cc1cnc(NC3CCC(N4CCCCC4)CC3)nc12.O=C1CCC2(CCCCC2)n2c1cc1cnc(NC3CCC(N4CCNCC4)CC3)nc12. The minimum absolute atomic E-state index is 0.00333. The highest BCUT2D eigenvalue weighted by atomic mass is 19.1. The van der Waals surface area contributed by atoms with Crippen molar-refractivity contribution in [3.8, 4) is 0 Å². The molecule has 8 aromatic heterocycles. The summed E-state index contributed by atoms with van der Waals surface area (Å²) in [7, 11) is 0. The largest absolute Gasteiger partial charge is 0.351 e. The molecule has 15 aliphatic rings. The highest BCUT2D eigenvalue weighted by molar-refractivity contribution is 6.03. The van der Waals surface area contributed by atoms with Gasteiger partial charge in [0, 0.05) is 201 Å². The van der Waals surface area contributed by atoms with Gasteiger partial charge in [0.1, 0.15) is 28.4 Å². The number of likely N-dealkylation sites (tertiary alicyclic amines) is 1. The zero-order chi connectivity index (χ0) is 91.8. The topological polar surface area (TPSA) is 293 Å². The predicted molar refractivity (Wildman–Crippen MR) is 529 cm³/mol. The molecule has 9 aromatic rings. The summed E-state index contributed by atoms with van der Waals surface area (Å²) in [6, 6.07) is 18.6. The summed E-state index contributed by atoms with van der Waals surface area (Å²) in [6.07, 6.45) is 60.4. The first-order valence-electron chi connectivity index (χ1n) is 53.5. The van der Waals surface area contributed by atoms with Crippen LogP contribution in [0.5, 0.6) is 0 Å². The van der Waals surface area contributed by atoms with Gasteiger partial charge in [-0.05, 0) is 256 Å². The number of halogens is 1. The van der Waals surface area contributed by atoms with E-state index in [1.165, 1.54) is 276 Å². The Morgan fingerprint density at radius 2 is 0.644 bits per heavy atom. The maximum absolute atomic E-state index is 13.9. The van der Waals surface area contributed by atoms with E-state index in [-0.39, 0.29) is 68.8 Å². The molecule has 1 aromatic carbocycles. The van der Waals surface area contributed by atoms with E-state index in [4.69, 9.17) is 19.9 Å². The number of anilines is 4. The fourth-order valence-electron chi connectivity index (χ4n) is 27.8. The normalized spacial score (nSPS) is 27.1. The number of piperazine rings is 2. The van der Waals surface area contributed by atoms with Crippen molar-refractivity contribution in [2.45, 2.75) is 392 Å². The number of nitrogens with one attached hydrogen (secondary N) is 6. The Kier molecular flexibility index (Phi) is 27.5. The van der Waals surface area contributed by atoms with E-state index in [2.05, 4.69) is 104 Å². The molecule has 8 aliphatic carbocycles. The smallest absolute Gasteiger partial charge is 0.254 e. The number of carbonyl (C=O) groups is 5. The van der Waals surface area contributed by atoms with Crippen LogP contribution in [0.4, 0.5) is 28.2 Å². The van der Waals surface area contributed by atoms with Crippen molar-refractivity contribution in [1.29, 1.82) is 0 Å². The molecule has 0 atom stereocenters. The van der Waals surface area contributed by atoms with Crippen LogP contribution in [0, 0.1) is 5.82 Å². The predicted octanol–water partition coefficient (Wildman–Crippen LogP) is 19.1.